The largest absolute Gasteiger partial charge is 0.392 e. The van der Waals surface area contributed by atoms with Gasteiger partial charge in [0.05, 0.1) is 13.2 Å². The first-order valence-electron chi connectivity index (χ1n) is 6.39. The number of anilines is 1. The number of likely N-dealkylation sites (N-methyl/N-ethyl adjacent to an activating group) is 1. The van der Waals surface area contributed by atoms with Crippen LogP contribution in [0.2, 0.25) is 5.02 Å². The van der Waals surface area contributed by atoms with Crippen molar-refractivity contribution in [2.45, 2.75) is 19.4 Å². The molecule has 0 unspecified atom stereocenters. The Hall–Kier alpha value is -0.770. The zero-order valence-electron chi connectivity index (χ0n) is 10.7. The van der Waals surface area contributed by atoms with Gasteiger partial charge >= 0.3 is 0 Å². The molecule has 0 aromatic heterocycles. The summed E-state index contributed by atoms with van der Waals surface area (Å²) in [5.41, 5.74) is 1.86. The van der Waals surface area contributed by atoms with E-state index >= 15 is 0 Å². The van der Waals surface area contributed by atoms with Crippen molar-refractivity contribution in [2.75, 3.05) is 31.7 Å². The molecular formula is C14H20ClNO2. The minimum absolute atomic E-state index is 0.0276. The first kappa shape index (κ1) is 13.7. The highest BCUT2D eigenvalue weighted by Gasteiger charge is 2.21. The van der Waals surface area contributed by atoms with Crippen LogP contribution in [-0.4, -0.2) is 31.9 Å². The Morgan fingerprint density at radius 2 is 2.22 bits per heavy atom. The van der Waals surface area contributed by atoms with Gasteiger partial charge in [0.15, 0.2) is 0 Å². The molecule has 18 heavy (non-hydrogen) atoms. The molecule has 1 aliphatic carbocycles. The van der Waals surface area contributed by atoms with Gasteiger partial charge in [0.2, 0.25) is 0 Å². The molecule has 1 saturated carbocycles. The number of hydrogen-bond acceptors (Lipinski definition) is 3. The lowest BCUT2D eigenvalue weighted by Crippen LogP contribution is -2.24. The van der Waals surface area contributed by atoms with E-state index in [1.165, 1.54) is 12.8 Å². The molecule has 3 nitrogen and oxygen atoms in total. The molecule has 0 saturated heterocycles. The predicted molar refractivity (Wildman–Crippen MR) is 74.2 cm³/mol. The number of ether oxygens (including phenoxy) is 1. The van der Waals surface area contributed by atoms with Crippen molar-refractivity contribution in [3.63, 3.8) is 0 Å². The van der Waals surface area contributed by atoms with Crippen LogP contribution < -0.4 is 4.90 Å². The summed E-state index contributed by atoms with van der Waals surface area (Å²) in [5.74, 6) is 0.800. The third-order valence-corrected chi connectivity index (χ3v) is 3.49. The fourth-order valence-electron chi connectivity index (χ4n) is 1.88. The van der Waals surface area contributed by atoms with Gasteiger partial charge in [-0.1, -0.05) is 17.7 Å². The number of benzene rings is 1. The lowest BCUT2D eigenvalue weighted by molar-refractivity contribution is 0.131. The topological polar surface area (TPSA) is 32.7 Å². The van der Waals surface area contributed by atoms with Crippen LogP contribution in [0.15, 0.2) is 18.2 Å². The van der Waals surface area contributed by atoms with Crippen molar-refractivity contribution in [3.05, 3.63) is 28.8 Å². The fourth-order valence-corrected chi connectivity index (χ4v) is 2.05. The second-order valence-electron chi connectivity index (χ2n) is 4.87. The van der Waals surface area contributed by atoms with Crippen LogP contribution in [0.1, 0.15) is 18.4 Å². The van der Waals surface area contributed by atoms with Crippen molar-refractivity contribution < 1.29 is 9.84 Å². The monoisotopic (exact) mass is 269 g/mol. The molecule has 0 heterocycles. The van der Waals surface area contributed by atoms with E-state index in [-0.39, 0.29) is 6.61 Å². The maximum Gasteiger partial charge on any atom is 0.0702 e. The van der Waals surface area contributed by atoms with Crippen molar-refractivity contribution in [2.24, 2.45) is 5.92 Å². The van der Waals surface area contributed by atoms with Gasteiger partial charge in [0.25, 0.3) is 0 Å². The molecule has 100 valence electrons. The van der Waals surface area contributed by atoms with Crippen LogP contribution in [0.3, 0.4) is 0 Å². The Morgan fingerprint density at radius 1 is 1.44 bits per heavy atom. The molecule has 1 aliphatic rings. The zero-order chi connectivity index (χ0) is 13.0. The first-order valence-corrected chi connectivity index (χ1v) is 6.76. The smallest absolute Gasteiger partial charge is 0.0702 e. The second-order valence-corrected chi connectivity index (χ2v) is 5.31. The van der Waals surface area contributed by atoms with Gasteiger partial charge in [0.1, 0.15) is 0 Å². The molecule has 4 heteroatoms. The Morgan fingerprint density at radius 3 is 2.89 bits per heavy atom. The number of halogens is 1. The Kier molecular flexibility index (Phi) is 4.87. The lowest BCUT2D eigenvalue weighted by Gasteiger charge is -2.22. The van der Waals surface area contributed by atoms with E-state index in [4.69, 9.17) is 16.3 Å². The summed E-state index contributed by atoms with van der Waals surface area (Å²) in [7, 11) is 1.99. The van der Waals surface area contributed by atoms with Crippen molar-refractivity contribution in [1.82, 2.24) is 0 Å². The summed E-state index contributed by atoms with van der Waals surface area (Å²) < 4.78 is 5.62. The van der Waals surface area contributed by atoms with Crippen molar-refractivity contribution in [3.8, 4) is 0 Å². The number of hydrogen-bond donors (Lipinski definition) is 1. The second kappa shape index (κ2) is 6.41. The van der Waals surface area contributed by atoms with E-state index in [0.717, 1.165) is 30.3 Å². The fraction of sp³-hybridized carbons (Fsp3) is 0.571. The number of aliphatic hydroxyl groups excluding tert-OH is 1. The number of nitrogens with zero attached hydrogens (tertiary/aromatic N) is 1. The third kappa shape index (κ3) is 3.87. The van der Waals surface area contributed by atoms with E-state index in [2.05, 4.69) is 4.90 Å². The van der Waals surface area contributed by atoms with Crippen molar-refractivity contribution >= 4 is 17.3 Å². The summed E-state index contributed by atoms with van der Waals surface area (Å²) >= 11 is 5.99. The summed E-state index contributed by atoms with van der Waals surface area (Å²) in [6.07, 6.45) is 2.64. The van der Waals surface area contributed by atoms with Crippen LogP contribution >= 0.6 is 11.6 Å². The van der Waals surface area contributed by atoms with Crippen LogP contribution in [0, 0.1) is 5.92 Å². The van der Waals surface area contributed by atoms with Gasteiger partial charge in [-0.15, -0.1) is 0 Å². The summed E-state index contributed by atoms with van der Waals surface area (Å²) in [6, 6.07) is 5.54. The molecule has 1 N–H and O–H groups in total. The van der Waals surface area contributed by atoms with Crippen LogP contribution in [0.25, 0.3) is 0 Å². The summed E-state index contributed by atoms with van der Waals surface area (Å²) in [5, 5.41) is 10.00. The molecule has 0 amide bonds. The zero-order valence-corrected chi connectivity index (χ0v) is 11.5. The molecular weight excluding hydrogens is 250 g/mol. The van der Waals surface area contributed by atoms with Crippen LogP contribution in [0.4, 0.5) is 5.69 Å². The standard InChI is InChI=1S/C14H20ClNO2/c1-16(6-7-18-10-11-2-3-11)14-8-13(15)5-4-12(14)9-17/h4-5,8,11,17H,2-3,6-7,9-10H2,1H3. The summed E-state index contributed by atoms with van der Waals surface area (Å²) in [4.78, 5) is 2.07. The van der Waals surface area contributed by atoms with Gasteiger partial charge in [0, 0.05) is 36.5 Å². The Balaban J connectivity index is 1.85. The highest BCUT2D eigenvalue weighted by molar-refractivity contribution is 6.30. The molecule has 0 spiro atoms. The molecule has 0 bridgehead atoms. The Bertz CT molecular complexity index is 393. The Labute approximate surface area is 113 Å². The minimum Gasteiger partial charge on any atom is -0.392 e. The van der Waals surface area contributed by atoms with E-state index in [1.54, 1.807) is 6.07 Å². The molecule has 2 rings (SSSR count). The molecule has 0 atom stereocenters. The first-order chi connectivity index (χ1) is 8.70. The average molecular weight is 270 g/mol. The van der Waals surface area contributed by atoms with Crippen molar-refractivity contribution in [1.29, 1.82) is 0 Å². The van der Waals surface area contributed by atoms with E-state index < -0.39 is 0 Å². The minimum atomic E-state index is 0.0276. The summed E-state index contributed by atoms with van der Waals surface area (Å²) in [6.45, 7) is 2.43. The predicted octanol–water partition coefficient (Wildman–Crippen LogP) is 2.70. The van der Waals surface area contributed by atoms with Gasteiger partial charge in [-0.05, 0) is 30.9 Å². The van der Waals surface area contributed by atoms with E-state index in [0.29, 0.717) is 11.6 Å². The SMILES string of the molecule is CN(CCOCC1CC1)c1cc(Cl)ccc1CO. The van der Waals surface area contributed by atoms with Gasteiger partial charge < -0.3 is 14.7 Å². The van der Waals surface area contributed by atoms with E-state index in [9.17, 15) is 5.11 Å². The van der Waals surface area contributed by atoms with Gasteiger partial charge in [-0.3, -0.25) is 0 Å². The molecule has 1 fully saturated rings. The average Bonchev–Trinajstić information content (AvgIpc) is 3.18. The van der Waals surface area contributed by atoms with Crippen LogP contribution in [0.5, 0.6) is 0 Å². The molecule has 0 radical (unpaired) electrons. The molecule has 1 aromatic rings. The maximum atomic E-state index is 9.31. The normalized spacial score (nSPS) is 14.8. The maximum absolute atomic E-state index is 9.31. The molecule has 0 aliphatic heterocycles. The van der Waals surface area contributed by atoms with E-state index in [1.807, 2.05) is 19.2 Å². The highest BCUT2D eigenvalue weighted by atomic mass is 35.5. The lowest BCUT2D eigenvalue weighted by atomic mass is 10.1. The number of aliphatic hydroxyl groups is 1. The third-order valence-electron chi connectivity index (χ3n) is 3.25. The van der Waals surface area contributed by atoms with Crippen LogP contribution in [-0.2, 0) is 11.3 Å². The number of rotatable bonds is 7. The molecule has 1 aromatic carbocycles. The highest BCUT2D eigenvalue weighted by Crippen LogP contribution is 2.29. The van der Waals surface area contributed by atoms with Gasteiger partial charge in [-0.25, -0.2) is 0 Å². The quantitative estimate of drug-likeness (QED) is 0.773. The van der Waals surface area contributed by atoms with Gasteiger partial charge in [-0.2, -0.15) is 0 Å².